The fourth-order valence-corrected chi connectivity index (χ4v) is 10.2. The molecular weight excluding hydrogens is 1590 g/mol. The van der Waals surface area contributed by atoms with Crippen molar-refractivity contribution >= 4 is 99.0 Å². The number of aromatic nitrogens is 15. The van der Waals surface area contributed by atoms with E-state index in [1.165, 1.54) is 36.3 Å². The highest BCUT2D eigenvalue weighted by Crippen LogP contribution is 2.37. The molecule has 5 aliphatic rings. The molecule has 2 atom stereocenters. The number of carbonyl (C=O) groups is 6. The SMILES string of the molecule is C.CC(C)(C)C1SC(=O)CC1=O.CC(C)(C)N1OC(=O)CC1=O.CC(C)(C)c1cc(=O)[nH]o1.CC(C)C1=NCC(=O)N1.CC(C)C1=NCC(=O)O1.CC(C)C1=NS(=O)ON1.CC(C)c1cc(=O)[nH]c(=O)[nH]1.CC(C)c1cc(=O)[nH]cn1.CC(C)c1nc(=S)o[nH]1.CC(C)c1nn[nH]n1.CC(C)c1noc(=O)[nH]1.CC(C)c1nsc(=O)[nH]1. The number of H-pyrrole nitrogens is 8. The number of ketones is 1. The Bertz CT molecular complexity index is 4500. The zero-order valence-corrected chi connectivity index (χ0v) is 73.5. The van der Waals surface area contributed by atoms with Gasteiger partial charge in [0.2, 0.25) is 5.91 Å². The second kappa shape index (κ2) is 51.0. The molecule has 116 heavy (non-hydrogen) atoms. The summed E-state index contributed by atoms with van der Waals surface area (Å²) in [7, 11) is 0. The third-order valence-electron chi connectivity index (χ3n) is 14.0. The molecule has 0 saturated carbocycles. The van der Waals surface area contributed by atoms with E-state index in [9.17, 15) is 61.7 Å². The van der Waals surface area contributed by atoms with Gasteiger partial charge in [-0.25, -0.2) is 44.0 Å². The number of hydroxylamine groups is 3. The number of amides is 2. The first-order valence-corrected chi connectivity index (χ1v) is 39.5. The van der Waals surface area contributed by atoms with E-state index in [1.54, 1.807) is 0 Å². The number of amidine groups is 2. The molecule has 7 aromatic rings. The number of thioether (sulfide) groups is 1. The number of ether oxygens (including phenoxy) is 1. The van der Waals surface area contributed by atoms with Gasteiger partial charge in [-0.3, -0.25) is 62.8 Å². The van der Waals surface area contributed by atoms with Crippen molar-refractivity contribution in [1.29, 1.82) is 0 Å². The van der Waals surface area contributed by atoms with Crippen molar-refractivity contribution in [3.63, 3.8) is 0 Å². The molecule has 2 saturated heterocycles. The molecule has 40 nitrogen and oxygen atoms in total. The standard InChI is InChI=1S/C8H12O2S.C7H10N2O2.C7H10N2O.C7H11NO3.C7H11NO2.C6H10N2O.C6H9NO2.C5H8N2O2.2C5H8N2OS.C4H8N4.C4H8N2O2S.CH4/c1-8(2,3)7-5(9)4-6(10)11-7;1-4(2)5-3-6(10)9-7(11)8-5;1-5(2)6-3-7(10)9-4-8-6;1-7(2,3)8-5(9)4-6(10)11-8;1-7(2,3)5-4-6(9)8-10-5;1-4(2)6-7-3-5(9)8-6;1-4(2)6-7-3-5(8)9-6;2*1-3(2)4-6-5(8)9-7-4;1-3(2)4-6-5(9)8-7-4;1-3(2)4-5-7-8-6-4;1-3(2)4-5-8-9(7)6-4;/h7H,4H2,1-3H3;3-4H,1-2H3,(H2,8,9,10,11);3-5H,1-2H3,(H,8,9,10);4H2,1-3H3;4H,1-3H3,(H,8,9);4H,3H2,1-2H3,(H,7,8,9);4H,3H2,1-2H3;2*3H,1-2H3,(H,6,7,8);3H,1-2H3,(H,6,7,9);3H,1-2H3,(H,5,6,7,8);3H,1-2H3,(H,5,6);1H4. The minimum Gasteiger partial charge on any atom is -0.410 e. The number of rotatable bonds is 9. The van der Waals surface area contributed by atoms with Crippen molar-refractivity contribution in [3.8, 4) is 0 Å². The summed E-state index contributed by atoms with van der Waals surface area (Å²) in [6, 6.07) is 4.39. The Morgan fingerprint density at radius 1 is 0.612 bits per heavy atom. The summed E-state index contributed by atoms with van der Waals surface area (Å²) in [5.74, 6) is 6.91. The number of esters is 1. The minimum absolute atomic E-state index is 0. The van der Waals surface area contributed by atoms with Gasteiger partial charge in [0.25, 0.3) is 22.6 Å². The third-order valence-corrected chi connectivity index (χ3v) is 17.0. The lowest BCUT2D eigenvalue weighted by Crippen LogP contribution is -2.41. The molecule has 2 amide bonds. The second-order valence-corrected chi connectivity index (χ2v) is 34.0. The van der Waals surface area contributed by atoms with Gasteiger partial charge in [0.15, 0.2) is 28.4 Å². The third kappa shape index (κ3) is 42.9. The highest BCUT2D eigenvalue weighted by molar-refractivity contribution is 8.15. The summed E-state index contributed by atoms with van der Waals surface area (Å²) in [6.07, 6.45) is 1.43. The maximum absolute atomic E-state index is 11.2. The Morgan fingerprint density at radius 3 is 1.47 bits per heavy atom. The molecule has 12 rings (SSSR count). The predicted octanol–water partition coefficient (Wildman–Crippen LogP) is 9.63. The number of nitrogens with zero attached hydrogens (tertiary/aromatic N) is 11. The lowest BCUT2D eigenvalue weighted by Gasteiger charge is -2.27. The van der Waals surface area contributed by atoms with E-state index in [2.05, 4.69) is 126 Å². The summed E-state index contributed by atoms with van der Waals surface area (Å²) in [4.78, 5) is 161. The molecule has 0 radical (unpaired) electrons. The van der Waals surface area contributed by atoms with Crippen LogP contribution in [0.5, 0.6) is 0 Å². The summed E-state index contributed by atoms with van der Waals surface area (Å²) in [6.45, 7) is 53.4. The highest BCUT2D eigenvalue weighted by atomic mass is 32.2. The van der Waals surface area contributed by atoms with Crippen molar-refractivity contribution < 1.29 is 60.4 Å². The second-order valence-electron chi connectivity index (χ2n) is 30.9. The van der Waals surface area contributed by atoms with Crippen molar-refractivity contribution in [2.75, 3.05) is 13.1 Å². The van der Waals surface area contributed by atoms with Crippen molar-refractivity contribution in [3.05, 3.63) is 132 Å². The van der Waals surface area contributed by atoms with Crippen LogP contribution in [0.15, 0.2) is 81.2 Å². The first-order valence-electron chi connectivity index (χ1n) is 36.4. The minimum atomic E-state index is -1.50. The van der Waals surface area contributed by atoms with Crippen molar-refractivity contribution in [2.24, 2.45) is 37.6 Å². The molecule has 0 spiro atoms. The van der Waals surface area contributed by atoms with Gasteiger partial charge in [-0.15, -0.1) is 14.6 Å². The first kappa shape index (κ1) is 106. The Kier molecular flexibility index (Phi) is 46.5. The Morgan fingerprint density at radius 2 is 1.22 bits per heavy atom. The van der Waals surface area contributed by atoms with Crippen LogP contribution in [0.25, 0.3) is 0 Å². The smallest absolute Gasteiger partial charge is 0.410 e. The van der Waals surface area contributed by atoms with E-state index in [4.69, 9.17) is 13.8 Å². The van der Waals surface area contributed by atoms with E-state index < -0.39 is 34.2 Å². The van der Waals surface area contributed by atoms with Crippen LogP contribution in [0.1, 0.15) is 283 Å². The van der Waals surface area contributed by atoms with Crippen molar-refractivity contribution in [1.82, 2.24) is 91.2 Å². The predicted molar refractivity (Wildman–Crippen MR) is 443 cm³/mol. The zero-order valence-electron chi connectivity index (χ0n) is 70.2. The Hall–Kier alpha value is -10.2. The summed E-state index contributed by atoms with van der Waals surface area (Å²) in [5, 5.41) is 25.3. The molecule has 2 unspecified atom stereocenters. The highest BCUT2D eigenvalue weighted by Gasteiger charge is 2.40. The van der Waals surface area contributed by atoms with Crippen molar-refractivity contribution in [2.45, 2.75) is 259 Å². The molecule has 0 aliphatic carbocycles. The lowest BCUT2D eigenvalue weighted by molar-refractivity contribution is -0.196. The molecule has 2 fully saturated rings. The van der Waals surface area contributed by atoms with Gasteiger partial charge in [-0.1, -0.05) is 196 Å². The molecule has 5 aliphatic heterocycles. The molecule has 648 valence electrons. The number of carbonyl (C=O) groups excluding carboxylic acids is 6. The largest absolute Gasteiger partial charge is 0.438 e. The van der Waals surface area contributed by atoms with E-state index in [1.807, 2.05) is 187 Å². The molecule has 10 N–H and O–H groups in total. The number of aromatic amines is 8. The van der Waals surface area contributed by atoms with E-state index in [0.717, 1.165) is 45.6 Å². The average Bonchev–Trinajstić information content (AvgIpc) is 1.70. The molecule has 0 aromatic carbocycles. The van der Waals surface area contributed by atoms with Gasteiger partial charge in [0.1, 0.15) is 48.6 Å². The van der Waals surface area contributed by atoms with Crippen LogP contribution in [-0.4, -0.2) is 161 Å². The van der Waals surface area contributed by atoms with Crippen LogP contribution in [-0.2, 0) is 59.3 Å². The molecule has 12 heterocycles. The number of tetrazole rings is 1. The van der Waals surface area contributed by atoms with Crippen LogP contribution < -0.4 is 43.8 Å². The molecular formula is C72H117N21O19S4. The molecule has 7 aromatic heterocycles. The van der Waals surface area contributed by atoms with Crippen LogP contribution in [0.2, 0.25) is 0 Å². The maximum Gasteiger partial charge on any atom is 0.438 e. The Labute approximate surface area is 688 Å². The van der Waals surface area contributed by atoms with Gasteiger partial charge in [0.05, 0.1) is 29.2 Å². The number of hydrogen-bond donors (Lipinski definition) is 10. The summed E-state index contributed by atoms with van der Waals surface area (Å²) >= 11 is 5.31. The quantitative estimate of drug-likeness (QED) is 0.0365. The topological polar surface area (TPSA) is 570 Å². The fraction of sp³-hybridized carbons (Fsp3) is 0.625. The van der Waals surface area contributed by atoms with Gasteiger partial charge < -0.3 is 33.9 Å². The monoisotopic (exact) mass is 1710 g/mol. The van der Waals surface area contributed by atoms with Crippen LogP contribution in [0.4, 0.5) is 0 Å². The number of hydrogen-bond acceptors (Lipinski definition) is 32. The Balaban J connectivity index is 0.00000124. The average molecular weight is 1710 g/mol. The van der Waals surface area contributed by atoms with Gasteiger partial charge in [-0.2, -0.15) is 29.1 Å². The van der Waals surface area contributed by atoms with Crippen LogP contribution >= 0.6 is 35.5 Å². The van der Waals surface area contributed by atoms with E-state index >= 15 is 0 Å². The van der Waals surface area contributed by atoms with Gasteiger partial charge in [-0.05, 0) is 50.2 Å². The van der Waals surface area contributed by atoms with E-state index in [0.29, 0.717) is 65.1 Å². The molecule has 44 heteroatoms. The number of cyclic esters (lactones) is 1. The number of nitrogens with one attached hydrogen (secondary N) is 10. The fourth-order valence-electron chi connectivity index (χ4n) is 7.81. The van der Waals surface area contributed by atoms with E-state index in [-0.39, 0.29) is 122 Å². The molecule has 0 bridgehead atoms. The van der Waals surface area contributed by atoms with Crippen LogP contribution in [0.3, 0.4) is 0 Å². The normalized spacial score (nSPS) is 15.2. The summed E-state index contributed by atoms with van der Waals surface area (Å²) < 4.78 is 41.0. The number of Topliss-reactive ketones (excluding diaryl/α,β-unsaturated/α-hetero) is 1. The number of aliphatic imine (C=N–C) groups is 2. The summed E-state index contributed by atoms with van der Waals surface area (Å²) in [5.41, 5.74) is 2.32. The first-order chi connectivity index (χ1) is 53.1. The lowest BCUT2D eigenvalue weighted by atomic mass is 9.89. The van der Waals surface area contributed by atoms with Gasteiger partial charge in [0, 0.05) is 82.3 Å². The van der Waals surface area contributed by atoms with Crippen LogP contribution in [0, 0.1) is 28.0 Å². The zero-order chi connectivity index (χ0) is 88.2. The van der Waals surface area contributed by atoms with Gasteiger partial charge >= 0.3 is 44.4 Å². The maximum atomic E-state index is 11.2.